The van der Waals surface area contributed by atoms with E-state index < -0.39 is 110 Å². The Morgan fingerprint density at radius 2 is 0.146 bits per heavy atom. The van der Waals surface area contributed by atoms with Crippen molar-refractivity contribution >= 4 is 298 Å². The van der Waals surface area contributed by atoms with Crippen LogP contribution in [0.4, 0.5) is 0 Å². The van der Waals surface area contributed by atoms with E-state index in [4.69, 9.17) is 269 Å². The monoisotopic (exact) mass is 2250 g/mol. The molecular formula is H2Al3Cr3Fe3Mn3Na3O57P14Sr3. The van der Waals surface area contributed by atoms with Crippen LogP contribution in [0, 0.1) is 0 Å². The maximum atomic E-state index is 8.55. The fourth-order valence-corrected chi connectivity index (χ4v) is 0. The molecule has 0 unspecified atom stereocenters. The first-order chi connectivity index (χ1) is 28.0. The molecule has 0 amide bonds. The van der Waals surface area contributed by atoms with Crippen LogP contribution >= 0.6 is 110 Å². The summed E-state index contributed by atoms with van der Waals surface area (Å²) in [6.45, 7) is 0. The van der Waals surface area contributed by atoms with Gasteiger partial charge >= 0.3 is 432 Å². The second kappa shape index (κ2) is 110. The summed E-state index contributed by atoms with van der Waals surface area (Å²) in [5.74, 6) is 0. The van der Waals surface area contributed by atoms with Gasteiger partial charge in [-0.3, -0.25) is 0 Å². The van der Waals surface area contributed by atoms with E-state index >= 15 is 0 Å². The average molecular weight is 2250 g/mol. The van der Waals surface area contributed by atoms with Crippen LogP contribution in [0.15, 0.2) is 0 Å². The van der Waals surface area contributed by atoms with Crippen molar-refractivity contribution in [1.82, 2.24) is 0 Å². The van der Waals surface area contributed by atoms with Gasteiger partial charge in [0.05, 0.1) is 0 Å². The van der Waals surface area contributed by atoms with Crippen molar-refractivity contribution in [3.8, 4) is 0 Å². The maximum Gasteiger partial charge on any atom is 3.00 e. The van der Waals surface area contributed by atoms with Gasteiger partial charge in [-0.1, -0.05) is 0 Å². The van der Waals surface area contributed by atoms with Gasteiger partial charge < -0.3 is 275 Å². The van der Waals surface area contributed by atoms with Gasteiger partial charge in [-0.15, -0.1) is 0 Å². The molecule has 0 aliphatic rings. The van der Waals surface area contributed by atoms with Gasteiger partial charge in [-0.25, -0.2) is 0 Å². The minimum absolute atomic E-state index is 0. The van der Waals surface area contributed by atoms with Crippen LogP contribution in [0.1, 0.15) is 0 Å². The SMILES string of the molecule is O.O=P([O-])([O-])[O-].O=P([O-])([O-])[O-].O=P([O-])([O-])[O-].O=P([O-])([O-])[O-].O=P([O-])([O-])[O-].O=P([O-])([O-])[O-].O=P([O-])([O-])[O-].O=P([O-])([O-])[O-].O=P([O-])([O-])[O-].O=P([O-])([O-])[O-].O=P([O-])([O-])[O-].O=P([O-])([O-])[O-].O=P([O-])([O-])[O-].O=P([O-])([O-])[O-].[Al+3].[Al+3].[Al+3].[Cr+3].[Cr+3].[Cr+3].[Fe+3].[Fe+3].[Fe+3].[Mn+2].[Mn+2].[Mn+2].[Na+].[Na+].[Na+].[Sr+2].[Sr+2].[Sr+2]. The van der Waals surface area contributed by atoms with Crippen LogP contribution in [0.5, 0.6) is 0 Å². The third-order valence-corrected chi connectivity index (χ3v) is 0. The maximum absolute atomic E-state index is 8.55. The largest absolute Gasteiger partial charge is 3.00 e. The van der Waals surface area contributed by atoms with Crippen molar-refractivity contribution in [2.24, 2.45) is 0 Å². The van der Waals surface area contributed by atoms with Gasteiger partial charge in [-0.05, 0) is 0 Å². The van der Waals surface area contributed by atoms with Gasteiger partial charge in [0.2, 0.25) is 0 Å². The molecule has 0 aliphatic carbocycles. The minimum atomic E-state index is -5.39. The summed E-state index contributed by atoms with van der Waals surface area (Å²) in [5.41, 5.74) is 0. The van der Waals surface area contributed by atoms with Crippen molar-refractivity contribution in [3.63, 3.8) is 0 Å². The predicted molar refractivity (Wildman–Crippen MR) is 145 cm³/mol. The summed E-state index contributed by atoms with van der Waals surface area (Å²) < 4.78 is 120. The third kappa shape index (κ3) is 4550. The smallest absolute Gasteiger partial charge is 0.822 e. The number of phosphoric acid groups is 14. The van der Waals surface area contributed by atoms with E-state index in [2.05, 4.69) is 0 Å². The predicted octanol–water partition coefficient (Wildman–Crippen LogP) is -51.7. The minimum Gasteiger partial charge on any atom is -0.822 e. The molecule has 0 aromatic carbocycles. The van der Waals surface area contributed by atoms with Crippen molar-refractivity contribution in [1.29, 1.82) is 0 Å². The van der Waals surface area contributed by atoms with Crippen molar-refractivity contribution in [3.05, 3.63) is 0 Å². The van der Waals surface area contributed by atoms with Crippen LogP contribution in [0.3, 0.4) is 0 Å². The van der Waals surface area contributed by atoms with E-state index in [0.717, 1.165) is 0 Å². The summed E-state index contributed by atoms with van der Waals surface area (Å²) in [7, 11) is -75.4. The molecule has 89 heteroatoms. The molecule has 495 valence electrons. The first-order valence-corrected chi connectivity index (χ1v) is 30.7. The zero-order valence-electron chi connectivity index (χ0n) is 39.9. The van der Waals surface area contributed by atoms with Crippen molar-refractivity contribution < 1.29 is 518 Å². The molecule has 0 bridgehead atoms. The first-order valence-electron chi connectivity index (χ1n) is 10.2. The van der Waals surface area contributed by atoms with E-state index in [9.17, 15) is 0 Å². The van der Waals surface area contributed by atoms with Crippen LogP contribution in [0.25, 0.3) is 0 Å². The zero-order valence-corrected chi connectivity index (χ0v) is 83.0. The summed E-state index contributed by atoms with van der Waals surface area (Å²) in [6.07, 6.45) is 0. The summed E-state index contributed by atoms with van der Waals surface area (Å²) >= 11 is 0. The second-order valence-corrected chi connectivity index (χ2v) is 18.8. The van der Waals surface area contributed by atoms with Crippen LogP contribution in [-0.2, 0) is 218 Å². The Labute approximate surface area is 800 Å². The molecule has 89 heavy (non-hydrogen) atoms. The Hall–Kier alpha value is 15.3. The van der Waals surface area contributed by atoms with E-state index in [0.29, 0.717) is 0 Å². The summed E-state index contributed by atoms with van der Waals surface area (Å²) in [5, 5.41) is 0. The molecule has 0 spiro atoms. The molecule has 0 saturated carbocycles. The van der Waals surface area contributed by atoms with Gasteiger partial charge in [0.25, 0.3) is 0 Å². The average Bonchev–Trinajstić information content (AvgIpc) is 2.60. The number of hydrogen-bond donors (Lipinski definition) is 0. The van der Waals surface area contributed by atoms with E-state index in [-0.39, 0.29) is 437 Å². The number of hydrogen-bond acceptors (Lipinski definition) is 56. The second-order valence-electron chi connectivity index (χ2n) is 6.26. The van der Waals surface area contributed by atoms with E-state index in [1.54, 1.807) is 0 Å². The van der Waals surface area contributed by atoms with Crippen LogP contribution in [-0.4, -0.2) is 194 Å². The molecule has 0 rings (SSSR count). The molecule has 0 atom stereocenters. The Bertz CT molecular complexity index is 1340. The molecule has 0 saturated heterocycles. The normalized spacial score (nSPS) is 9.28. The Balaban J connectivity index is -0.0000000120. The molecule has 0 heterocycles. The van der Waals surface area contributed by atoms with Gasteiger partial charge in [-0.2, -0.15) is 110 Å². The van der Waals surface area contributed by atoms with Crippen LogP contribution in [0.2, 0.25) is 0 Å². The third-order valence-electron chi connectivity index (χ3n) is 0. The standard InChI is InChI=1S/3Al.3Cr.3Fe.3Mn.3Na.14H3O4P.H2O.3Sr/c;;;;;;;;;;;;;;;14*1-5(2,3)4;;;;/h;;;;;;;;;;;;;;;14*(H3,1,2,3,4);1H2;;;/q9*+3;3*+2;3*+1;;;;;;;;;;;;;;;;3*+2/p-42. The summed E-state index contributed by atoms with van der Waals surface area (Å²) in [4.78, 5) is 359. The molecule has 0 aliphatic heterocycles. The summed E-state index contributed by atoms with van der Waals surface area (Å²) in [6, 6.07) is 0. The molecule has 0 aromatic heterocycles. The van der Waals surface area contributed by atoms with E-state index in [1.165, 1.54) is 0 Å². The molecule has 9 radical (unpaired) electrons. The van der Waals surface area contributed by atoms with Crippen LogP contribution < -0.4 is 294 Å². The zero-order chi connectivity index (χ0) is 63.0. The fraction of sp³-hybridized carbons (Fsp3) is 0. The Kier molecular flexibility index (Phi) is 270. The van der Waals surface area contributed by atoms with Crippen molar-refractivity contribution in [2.75, 3.05) is 0 Å². The number of rotatable bonds is 0. The Morgan fingerprint density at radius 3 is 0.146 bits per heavy atom. The molecule has 0 aromatic rings. The van der Waals surface area contributed by atoms with Gasteiger partial charge in [0.15, 0.2) is 0 Å². The molecule has 2 N–H and O–H groups in total. The van der Waals surface area contributed by atoms with E-state index in [1.807, 2.05) is 0 Å². The Morgan fingerprint density at radius 1 is 0.146 bits per heavy atom. The quantitative estimate of drug-likeness (QED) is 0.160. The topological polar surface area (TPSA) is 1240 Å². The molecule has 57 nitrogen and oxygen atoms in total. The molecular weight excluding hydrogens is 2250 g/mol. The van der Waals surface area contributed by atoms with Crippen molar-refractivity contribution in [2.45, 2.75) is 0 Å². The molecule has 0 fully saturated rings. The van der Waals surface area contributed by atoms with Gasteiger partial charge in [0, 0.05) is 0 Å². The van der Waals surface area contributed by atoms with Gasteiger partial charge in [0.1, 0.15) is 0 Å². The fourth-order valence-electron chi connectivity index (χ4n) is 0. The first kappa shape index (κ1) is 219.